The first-order valence-electron chi connectivity index (χ1n) is 8.81. The van der Waals surface area contributed by atoms with Crippen molar-refractivity contribution >= 4 is 29.3 Å². The molecule has 0 saturated carbocycles. The van der Waals surface area contributed by atoms with Gasteiger partial charge in [0.2, 0.25) is 0 Å². The van der Waals surface area contributed by atoms with Gasteiger partial charge in [-0.15, -0.1) is 0 Å². The van der Waals surface area contributed by atoms with E-state index in [4.69, 9.17) is 5.11 Å². The minimum atomic E-state index is -1.11. The molecule has 1 heterocycles. The molecule has 148 valence electrons. The second-order valence-corrected chi connectivity index (χ2v) is 6.31. The molecule has 2 aromatic carbocycles. The molecule has 0 spiro atoms. The van der Waals surface area contributed by atoms with Crippen molar-refractivity contribution in [3.63, 3.8) is 0 Å². The van der Waals surface area contributed by atoms with Crippen molar-refractivity contribution in [2.24, 2.45) is 0 Å². The lowest BCUT2D eigenvalue weighted by atomic mass is 9.97. The van der Waals surface area contributed by atoms with E-state index in [0.29, 0.717) is 11.1 Å². The summed E-state index contributed by atoms with van der Waals surface area (Å²) in [6.07, 6.45) is 0.681. The normalized spacial score (nSPS) is 13.4. The van der Waals surface area contributed by atoms with Crippen LogP contribution >= 0.6 is 0 Å². The number of rotatable bonds is 8. The second kappa shape index (κ2) is 8.49. The Morgan fingerprint density at radius 3 is 2.38 bits per heavy atom. The molecule has 1 aliphatic heterocycles. The highest BCUT2D eigenvalue weighted by molar-refractivity contribution is 6.19. The van der Waals surface area contributed by atoms with E-state index in [2.05, 4.69) is 5.32 Å². The summed E-state index contributed by atoms with van der Waals surface area (Å²) in [6.45, 7) is -0.544. The number of aliphatic carboxylic acids is 1. The Morgan fingerprint density at radius 2 is 1.72 bits per heavy atom. The summed E-state index contributed by atoms with van der Waals surface area (Å²) in [4.78, 5) is 49.6. The van der Waals surface area contributed by atoms with Gasteiger partial charge in [-0.3, -0.25) is 24.1 Å². The molecule has 0 bridgehead atoms. The highest BCUT2D eigenvalue weighted by Gasteiger charge is 2.32. The largest absolute Gasteiger partial charge is 0.481 e. The summed E-state index contributed by atoms with van der Waals surface area (Å²) in [7, 11) is 0. The van der Waals surface area contributed by atoms with Gasteiger partial charge in [-0.25, -0.2) is 0 Å². The number of anilines is 1. The van der Waals surface area contributed by atoms with E-state index in [0.717, 1.165) is 11.0 Å². The minimum Gasteiger partial charge on any atom is -0.481 e. The number of aliphatic hydroxyl groups is 1. The molecule has 29 heavy (non-hydrogen) atoms. The van der Waals surface area contributed by atoms with Gasteiger partial charge in [0.15, 0.2) is 5.78 Å². The van der Waals surface area contributed by atoms with Crippen LogP contribution in [-0.2, 0) is 20.8 Å². The molecule has 0 aromatic heterocycles. The number of β-amino-alcohol motifs (C(OH)–C–C–N with tert-alkyl or cyclic N) is 1. The van der Waals surface area contributed by atoms with E-state index >= 15 is 0 Å². The maximum Gasteiger partial charge on any atom is 0.307 e. The van der Waals surface area contributed by atoms with E-state index in [-0.39, 0.29) is 42.3 Å². The molecule has 0 fully saturated rings. The third kappa shape index (κ3) is 4.22. The van der Waals surface area contributed by atoms with Crippen LogP contribution in [0.2, 0.25) is 0 Å². The Hall–Kier alpha value is -3.78. The van der Waals surface area contributed by atoms with Crippen molar-refractivity contribution in [1.82, 2.24) is 4.90 Å². The van der Waals surface area contributed by atoms with Crippen LogP contribution in [0.1, 0.15) is 21.5 Å². The van der Waals surface area contributed by atoms with Crippen LogP contribution < -0.4 is 5.32 Å². The molecule has 8 nitrogen and oxygen atoms in total. The minimum absolute atomic E-state index is 0.0941. The number of hydrogen-bond acceptors (Lipinski definition) is 6. The zero-order valence-corrected chi connectivity index (χ0v) is 15.3. The fourth-order valence-corrected chi connectivity index (χ4v) is 3.04. The number of carboxylic acid groups (broad SMARTS) is 1. The van der Waals surface area contributed by atoms with Crippen LogP contribution in [0.4, 0.5) is 5.69 Å². The Kier molecular flexibility index (Phi) is 5.85. The summed E-state index contributed by atoms with van der Waals surface area (Å²) in [6, 6.07) is 13.0. The standard InChI is InChI=1S/C21H18N2O6/c24-10-9-23-17(25)12-16(21(23)29)22-19-14(11-18(26)27)7-4-8-15(19)20(28)13-5-2-1-3-6-13/h1-8,12,22,24H,9-11H2,(H,26,27). The average molecular weight is 394 g/mol. The van der Waals surface area contributed by atoms with Crippen LogP contribution in [0.15, 0.2) is 60.3 Å². The summed E-state index contributed by atoms with van der Waals surface area (Å²) < 4.78 is 0. The molecular formula is C21H18N2O6. The number of amides is 2. The van der Waals surface area contributed by atoms with Crippen LogP contribution in [0.3, 0.4) is 0 Å². The molecule has 0 atom stereocenters. The van der Waals surface area contributed by atoms with Crippen molar-refractivity contribution in [3.8, 4) is 0 Å². The number of benzene rings is 2. The summed E-state index contributed by atoms with van der Waals surface area (Å²) in [5.41, 5.74) is 0.927. The molecule has 0 unspecified atom stereocenters. The van der Waals surface area contributed by atoms with Gasteiger partial charge in [-0.2, -0.15) is 0 Å². The monoisotopic (exact) mass is 394 g/mol. The number of carbonyl (C=O) groups is 4. The van der Waals surface area contributed by atoms with E-state index in [1.165, 1.54) is 12.1 Å². The number of imide groups is 1. The Labute approximate surface area is 166 Å². The molecule has 2 aromatic rings. The molecule has 0 radical (unpaired) electrons. The van der Waals surface area contributed by atoms with Crippen molar-refractivity contribution in [2.75, 3.05) is 18.5 Å². The Morgan fingerprint density at radius 1 is 1.00 bits per heavy atom. The zero-order chi connectivity index (χ0) is 21.0. The van der Waals surface area contributed by atoms with Crippen LogP contribution in [0, 0.1) is 0 Å². The van der Waals surface area contributed by atoms with Crippen LogP contribution in [-0.4, -0.2) is 51.8 Å². The molecule has 8 heteroatoms. The predicted octanol–water partition coefficient (Wildman–Crippen LogP) is 1.20. The van der Waals surface area contributed by atoms with Crippen LogP contribution in [0.5, 0.6) is 0 Å². The lowest BCUT2D eigenvalue weighted by molar-refractivity contribution is -0.138. The highest BCUT2D eigenvalue weighted by atomic mass is 16.4. The smallest absolute Gasteiger partial charge is 0.307 e. The van der Waals surface area contributed by atoms with Gasteiger partial charge in [0.05, 0.1) is 25.3 Å². The van der Waals surface area contributed by atoms with E-state index in [1.54, 1.807) is 36.4 Å². The number of hydrogen-bond donors (Lipinski definition) is 3. The Bertz CT molecular complexity index is 1010. The fourth-order valence-electron chi connectivity index (χ4n) is 3.04. The van der Waals surface area contributed by atoms with Gasteiger partial charge in [0.1, 0.15) is 5.70 Å². The van der Waals surface area contributed by atoms with Crippen molar-refractivity contribution in [1.29, 1.82) is 0 Å². The van der Waals surface area contributed by atoms with Crippen molar-refractivity contribution < 1.29 is 29.4 Å². The van der Waals surface area contributed by atoms with Gasteiger partial charge < -0.3 is 15.5 Å². The average Bonchev–Trinajstić information content (AvgIpc) is 2.97. The third-order valence-electron chi connectivity index (χ3n) is 4.37. The summed E-state index contributed by atoms with van der Waals surface area (Å²) in [5, 5.41) is 21.0. The molecule has 3 rings (SSSR count). The zero-order valence-electron chi connectivity index (χ0n) is 15.3. The molecule has 3 N–H and O–H groups in total. The SMILES string of the molecule is O=C(O)Cc1cccc(C(=O)c2ccccc2)c1NC1=CC(=O)N(CCO)C1=O. The first-order valence-corrected chi connectivity index (χ1v) is 8.81. The Balaban J connectivity index is 2.03. The number of carbonyl (C=O) groups excluding carboxylic acids is 3. The van der Waals surface area contributed by atoms with Gasteiger partial charge in [-0.05, 0) is 11.6 Å². The van der Waals surface area contributed by atoms with E-state index < -0.39 is 17.8 Å². The highest BCUT2D eigenvalue weighted by Crippen LogP contribution is 2.28. The number of nitrogens with one attached hydrogen (secondary N) is 1. The number of para-hydroxylation sites is 1. The summed E-state index contributed by atoms with van der Waals surface area (Å²) in [5.74, 6) is -2.72. The lowest BCUT2D eigenvalue weighted by Gasteiger charge is -2.17. The maximum atomic E-state index is 13.0. The van der Waals surface area contributed by atoms with Gasteiger partial charge in [0.25, 0.3) is 11.8 Å². The number of aliphatic hydroxyl groups excluding tert-OH is 1. The first kappa shape index (κ1) is 20.0. The van der Waals surface area contributed by atoms with E-state index in [1.807, 2.05) is 0 Å². The lowest BCUT2D eigenvalue weighted by Crippen LogP contribution is -2.34. The molecule has 0 aliphatic carbocycles. The molecule has 2 amide bonds. The predicted molar refractivity (Wildman–Crippen MR) is 103 cm³/mol. The quantitative estimate of drug-likeness (QED) is 0.454. The number of ketones is 1. The van der Waals surface area contributed by atoms with Gasteiger partial charge >= 0.3 is 5.97 Å². The topological polar surface area (TPSA) is 124 Å². The van der Waals surface area contributed by atoms with Gasteiger partial charge in [0, 0.05) is 17.2 Å². The molecular weight excluding hydrogens is 376 g/mol. The molecule has 0 saturated heterocycles. The van der Waals surface area contributed by atoms with Crippen molar-refractivity contribution in [2.45, 2.75) is 6.42 Å². The third-order valence-corrected chi connectivity index (χ3v) is 4.37. The maximum absolute atomic E-state index is 13.0. The fraction of sp³-hybridized carbons (Fsp3) is 0.143. The van der Waals surface area contributed by atoms with E-state index in [9.17, 15) is 24.3 Å². The molecule has 1 aliphatic rings. The number of carboxylic acids is 1. The van der Waals surface area contributed by atoms with Crippen LogP contribution in [0.25, 0.3) is 0 Å². The second-order valence-electron chi connectivity index (χ2n) is 6.31. The van der Waals surface area contributed by atoms with Gasteiger partial charge in [-0.1, -0.05) is 42.5 Å². The summed E-state index contributed by atoms with van der Waals surface area (Å²) >= 11 is 0. The first-order chi connectivity index (χ1) is 13.9. The number of nitrogens with zero attached hydrogens (tertiary/aromatic N) is 1. The van der Waals surface area contributed by atoms with Crippen molar-refractivity contribution in [3.05, 3.63) is 77.0 Å².